The summed E-state index contributed by atoms with van der Waals surface area (Å²) in [5.41, 5.74) is 2.12. The maximum atomic E-state index is 12.5. The Kier molecular flexibility index (Phi) is 8.28. The molecule has 0 spiro atoms. The molecule has 0 aliphatic carbocycles. The van der Waals surface area contributed by atoms with E-state index in [4.69, 9.17) is 23.2 Å². The third-order valence-corrected chi connectivity index (χ3v) is 6.38. The van der Waals surface area contributed by atoms with Crippen LogP contribution in [0.3, 0.4) is 0 Å². The second kappa shape index (κ2) is 10.9. The summed E-state index contributed by atoms with van der Waals surface area (Å²) in [5.74, 6) is 1.29. The van der Waals surface area contributed by atoms with Crippen molar-refractivity contribution in [3.05, 3.63) is 75.8 Å². The lowest BCUT2D eigenvalue weighted by Gasteiger charge is -2.34. The molecule has 0 radical (unpaired) electrons. The molecule has 0 saturated carbocycles. The average molecular weight is 435 g/mol. The molecular formula is C22H24Cl2N2OS. The predicted molar refractivity (Wildman–Crippen MR) is 121 cm³/mol. The minimum atomic E-state index is 0.188. The molecule has 0 bridgehead atoms. The molecule has 1 amide bonds. The number of carbonyl (C=O) groups excluding carboxylic acids is 1. The highest BCUT2D eigenvalue weighted by atomic mass is 35.5. The summed E-state index contributed by atoms with van der Waals surface area (Å²) in [4.78, 5) is 16.8. The van der Waals surface area contributed by atoms with Crippen LogP contribution in [0.15, 0.2) is 54.6 Å². The van der Waals surface area contributed by atoms with Gasteiger partial charge in [0, 0.05) is 48.5 Å². The summed E-state index contributed by atoms with van der Waals surface area (Å²) in [6.07, 6.45) is 4.34. The Morgan fingerprint density at radius 1 is 0.964 bits per heavy atom. The lowest BCUT2D eigenvalue weighted by molar-refractivity contribution is -0.129. The molecule has 28 heavy (non-hydrogen) atoms. The van der Waals surface area contributed by atoms with Crippen molar-refractivity contribution < 1.29 is 4.79 Å². The molecule has 0 aromatic heterocycles. The number of rotatable bonds is 7. The summed E-state index contributed by atoms with van der Waals surface area (Å²) >= 11 is 13.9. The quantitative estimate of drug-likeness (QED) is 0.606. The van der Waals surface area contributed by atoms with E-state index in [9.17, 15) is 4.79 Å². The van der Waals surface area contributed by atoms with Gasteiger partial charge in [-0.05, 0) is 23.3 Å². The molecule has 1 aliphatic rings. The van der Waals surface area contributed by atoms with E-state index in [1.165, 1.54) is 5.56 Å². The molecule has 3 rings (SSSR count). The topological polar surface area (TPSA) is 23.6 Å². The van der Waals surface area contributed by atoms with Crippen LogP contribution in [0.5, 0.6) is 0 Å². The molecular weight excluding hydrogens is 411 g/mol. The van der Waals surface area contributed by atoms with Crippen molar-refractivity contribution in [3.63, 3.8) is 0 Å². The molecule has 6 heteroatoms. The van der Waals surface area contributed by atoms with E-state index in [0.29, 0.717) is 21.6 Å². The van der Waals surface area contributed by atoms with Crippen LogP contribution in [-0.2, 0) is 10.5 Å². The minimum Gasteiger partial charge on any atom is -0.339 e. The van der Waals surface area contributed by atoms with Gasteiger partial charge in [0.1, 0.15) is 0 Å². The van der Waals surface area contributed by atoms with Crippen LogP contribution >= 0.6 is 35.0 Å². The first-order valence-corrected chi connectivity index (χ1v) is 11.3. The number of amides is 1. The fraction of sp³-hybridized carbons (Fsp3) is 0.318. The van der Waals surface area contributed by atoms with Crippen LogP contribution in [0.2, 0.25) is 10.0 Å². The monoisotopic (exact) mass is 434 g/mol. The smallest absolute Gasteiger partial charge is 0.232 e. The number of hydrogen-bond donors (Lipinski definition) is 0. The summed E-state index contributed by atoms with van der Waals surface area (Å²) in [6.45, 7) is 4.30. The van der Waals surface area contributed by atoms with Crippen molar-refractivity contribution in [1.29, 1.82) is 0 Å². The zero-order valence-corrected chi connectivity index (χ0v) is 18.0. The van der Waals surface area contributed by atoms with Gasteiger partial charge < -0.3 is 4.90 Å². The maximum absolute atomic E-state index is 12.5. The highest BCUT2D eigenvalue weighted by molar-refractivity contribution is 7.99. The lowest BCUT2D eigenvalue weighted by Crippen LogP contribution is -2.49. The number of carbonyl (C=O) groups is 1. The van der Waals surface area contributed by atoms with Crippen LogP contribution < -0.4 is 0 Å². The second-order valence-corrected chi connectivity index (χ2v) is 8.49. The first-order chi connectivity index (χ1) is 13.6. The third-order valence-electron chi connectivity index (χ3n) is 4.73. The summed E-state index contributed by atoms with van der Waals surface area (Å²) in [6, 6.07) is 15.8. The van der Waals surface area contributed by atoms with Crippen molar-refractivity contribution >= 4 is 46.9 Å². The summed E-state index contributed by atoms with van der Waals surface area (Å²) in [7, 11) is 0. The Morgan fingerprint density at radius 2 is 1.64 bits per heavy atom. The molecule has 1 heterocycles. The van der Waals surface area contributed by atoms with Gasteiger partial charge in [0.05, 0.1) is 5.75 Å². The van der Waals surface area contributed by atoms with Crippen molar-refractivity contribution in [2.75, 3.05) is 38.5 Å². The standard InChI is InChI=1S/C22H24Cl2N2OS/c23-20-9-4-10-21(24)19(20)16-28-17-22(27)26-14-12-25(13-15-26)11-5-8-18-6-2-1-3-7-18/h1-10H,11-17H2/b8-5+. The van der Waals surface area contributed by atoms with Crippen LogP contribution in [0, 0.1) is 0 Å². The summed E-state index contributed by atoms with van der Waals surface area (Å²) in [5, 5.41) is 1.31. The van der Waals surface area contributed by atoms with Crippen molar-refractivity contribution in [3.8, 4) is 0 Å². The van der Waals surface area contributed by atoms with E-state index in [1.54, 1.807) is 11.8 Å². The molecule has 3 nitrogen and oxygen atoms in total. The minimum absolute atomic E-state index is 0.188. The Morgan fingerprint density at radius 3 is 2.32 bits per heavy atom. The molecule has 1 fully saturated rings. The molecule has 148 valence electrons. The van der Waals surface area contributed by atoms with E-state index >= 15 is 0 Å². The van der Waals surface area contributed by atoms with E-state index in [1.807, 2.05) is 41.3 Å². The lowest BCUT2D eigenvalue weighted by atomic mass is 10.2. The molecule has 0 unspecified atom stereocenters. The number of thioether (sulfide) groups is 1. The van der Waals surface area contributed by atoms with E-state index in [2.05, 4.69) is 29.2 Å². The van der Waals surface area contributed by atoms with Crippen molar-refractivity contribution in [2.45, 2.75) is 5.75 Å². The highest BCUT2D eigenvalue weighted by Gasteiger charge is 2.20. The number of piperazine rings is 1. The van der Waals surface area contributed by atoms with Gasteiger partial charge in [0.2, 0.25) is 5.91 Å². The zero-order valence-electron chi connectivity index (χ0n) is 15.7. The van der Waals surface area contributed by atoms with Crippen LogP contribution in [-0.4, -0.2) is 54.2 Å². The number of nitrogens with zero attached hydrogens (tertiary/aromatic N) is 2. The predicted octanol–water partition coefficient (Wildman–Crippen LogP) is 5.08. The molecule has 0 N–H and O–H groups in total. The van der Waals surface area contributed by atoms with Gasteiger partial charge in [0.15, 0.2) is 0 Å². The van der Waals surface area contributed by atoms with E-state index < -0.39 is 0 Å². The highest BCUT2D eigenvalue weighted by Crippen LogP contribution is 2.28. The normalized spacial score (nSPS) is 15.3. The fourth-order valence-corrected chi connectivity index (χ4v) is 4.75. The van der Waals surface area contributed by atoms with Crippen LogP contribution in [0.25, 0.3) is 6.08 Å². The average Bonchev–Trinajstić information content (AvgIpc) is 2.71. The first kappa shape index (κ1) is 21.3. The van der Waals surface area contributed by atoms with Gasteiger partial charge in [0.25, 0.3) is 0 Å². The second-order valence-electron chi connectivity index (χ2n) is 6.69. The van der Waals surface area contributed by atoms with E-state index in [0.717, 1.165) is 38.3 Å². The first-order valence-electron chi connectivity index (χ1n) is 9.36. The molecule has 2 aromatic rings. The van der Waals surface area contributed by atoms with E-state index in [-0.39, 0.29) is 5.91 Å². The van der Waals surface area contributed by atoms with Gasteiger partial charge in [-0.25, -0.2) is 0 Å². The zero-order chi connectivity index (χ0) is 19.8. The molecule has 1 aliphatic heterocycles. The Labute approximate surface area is 181 Å². The molecule has 2 aromatic carbocycles. The van der Waals surface area contributed by atoms with Gasteiger partial charge in [-0.3, -0.25) is 9.69 Å². The van der Waals surface area contributed by atoms with Crippen LogP contribution in [0.4, 0.5) is 0 Å². The van der Waals surface area contributed by atoms with Gasteiger partial charge >= 0.3 is 0 Å². The Hall–Kier alpha value is -1.46. The van der Waals surface area contributed by atoms with Gasteiger partial charge in [-0.2, -0.15) is 0 Å². The SMILES string of the molecule is O=C(CSCc1c(Cl)cccc1Cl)N1CCN(C/C=C/c2ccccc2)CC1. The number of hydrogen-bond acceptors (Lipinski definition) is 3. The van der Waals surface area contributed by atoms with Gasteiger partial charge in [-0.1, -0.05) is 71.8 Å². The van der Waals surface area contributed by atoms with Crippen molar-refractivity contribution in [2.24, 2.45) is 0 Å². The van der Waals surface area contributed by atoms with Gasteiger partial charge in [-0.15, -0.1) is 11.8 Å². The third kappa shape index (κ3) is 6.28. The molecule has 1 saturated heterocycles. The maximum Gasteiger partial charge on any atom is 0.232 e. The molecule has 0 atom stereocenters. The largest absolute Gasteiger partial charge is 0.339 e. The van der Waals surface area contributed by atoms with Crippen LogP contribution in [0.1, 0.15) is 11.1 Å². The summed E-state index contributed by atoms with van der Waals surface area (Å²) < 4.78 is 0. The number of halogens is 2. The number of benzene rings is 2. The van der Waals surface area contributed by atoms with Crippen molar-refractivity contribution in [1.82, 2.24) is 9.80 Å². The Bertz CT molecular complexity index is 785. The Balaban J connectivity index is 1.37. The fourth-order valence-electron chi connectivity index (χ4n) is 3.08.